The van der Waals surface area contributed by atoms with Crippen molar-refractivity contribution in [3.8, 4) is 5.75 Å². The Morgan fingerprint density at radius 1 is 0.944 bits per heavy atom. The van der Waals surface area contributed by atoms with Crippen molar-refractivity contribution in [2.24, 2.45) is 0 Å². The molecule has 0 radical (unpaired) electrons. The molecule has 0 spiro atoms. The number of carbonyl (C=O) groups excluding carboxylic acids is 1. The number of rotatable bonds is 3. The van der Waals surface area contributed by atoms with Crippen molar-refractivity contribution in [2.75, 3.05) is 0 Å². The summed E-state index contributed by atoms with van der Waals surface area (Å²) in [4.78, 5) is 11.2. The number of ether oxygens (including phenoxy) is 1. The normalized spacial score (nSPS) is 13.2. The van der Waals surface area contributed by atoms with Crippen LogP contribution in [-0.2, 0) is 24.1 Å². The van der Waals surface area contributed by atoms with Crippen LogP contribution in [0.25, 0.3) is 0 Å². The van der Waals surface area contributed by atoms with Gasteiger partial charge in [-0.05, 0) is 30.0 Å². The van der Waals surface area contributed by atoms with Gasteiger partial charge in [0.15, 0.2) is 0 Å². The largest absolute Gasteiger partial charge is 0.426 e. The van der Waals surface area contributed by atoms with E-state index in [1.54, 1.807) is 0 Å². The fraction of sp³-hybridized carbons (Fsp3) is 0.188. The molecule has 2 heteroatoms. The van der Waals surface area contributed by atoms with Crippen LogP contribution in [0.4, 0.5) is 0 Å². The SMILES string of the molecule is O=C1Cc2ccc(CCc3ccccc3)cc2O1. The molecule has 0 aromatic heterocycles. The predicted octanol–water partition coefficient (Wildman–Crippen LogP) is 2.93. The third-order valence-corrected chi connectivity index (χ3v) is 3.24. The highest BCUT2D eigenvalue weighted by molar-refractivity contribution is 5.81. The summed E-state index contributed by atoms with van der Waals surface area (Å²) in [7, 11) is 0. The van der Waals surface area contributed by atoms with Crippen molar-refractivity contribution in [3.63, 3.8) is 0 Å². The van der Waals surface area contributed by atoms with Crippen molar-refractivity contribution < 1.29 is 9.53 Å². The summed E-state index contributed by atoms with van der Waals surface area (Å²) in [6.45, 7) is 0. The number of aryl methyl sites for hydroxylation is 2. The molecule has 90 valence electrons. The highest BCUT2D eigenvalue weighted by atomic mass is 16.5. The van der Waals surface area contributed by atoms with Crippen LogP contribution in [0, 0.1) is 0 Å². The maximum atomic E-state index is 11.2. The number of benzene rings is 2. The van der Waals surface area contributed by atoms with Gasteiger partial charge in [0, 0.05) is 5.56 Å². The molecule has 2 nitrogen and oxygen atoms in total. The standard InChI is InChI=1S/C16H14O2/c17-16-11-14-9-8-13(10-15(14)18-16)7-6-12-4-2-1-3-5-12/h1-5,8-10H,6-7,11H2. The fourth-order valence-electron chi connectivity index (χ4n) is 2.24. The summed E-state index contributed by atoms with van der Waals surface area (Å²) in [5.41, 5.74) is 3.55. The Morgan fingerprint density at radius 3 is 2.56 bits per heavy atom. The Bertz CT molecular complexity index is 573. The van der Waals surface area contributed by atoms with Crippen molar-refractivity contribution in [1.82, 2.24) is 0 Å². The molecule has 2 aromatic rings. The van der Waals surface area contributed by atoms with Crippen molar-refractivity contribution >= 4 is 5.97 Å². The zero-order valence-corrected chi connectivity index (χ0v) is 10.1. The zero-order chi connectivity index (χ0) is 12.4. The maximum absolute atomic E-state index is 11.2. The molecule has 3 rings (SSSR count). The van der Waals surface area contributed by atoms with Crippen LogP contribution in [0.3, 0.4) is 0 Å². The lowest BCUT2D eigenvalue weighted by Gasteiger charge is -2.04. The number of esters is 1. The fourth-order valence-corrected chi connectivity index (χ4v) is 2.24. The van der Waals surface area contributed by atoms with Crippen molar-refractivity contribution in [2.45, 2.75) is 19.3 Å². The Kier molecular flexibility index (Phi) is 2.85. The van der Waals surface area contributed by atoms with Crippen LogP contribution in [0.2, 0.25) is 0 Å². The summed E-state index contributed by atoms with van der Waals surface area (Å²) in [6, 6.07) is 16.5. The van der Waals surface area contributed by atoms with Crippen LogP contribution in [0.1, 0.15) is 16.7 Å². The van der Waals surface area contributed by atoms with Crippen LogP contribution in [0.5, 0.6) is 5.75 Å². The first-order valence-corrected chi connectivity index (χ1v) is 6.18. The van der Waals surface area contributed by atoms with Gasteiger partial charge in [0.05, 0.1) is 6.42 Å². The first-order chi connectivity index (χ1) is 8.81. The second-order valence-electron chi connectivity index (χ2n) is 4.58. The molecule has 0 fully saturated rings. The number of carbonyl (C=O) groups is 1. The molecule has 0 atom stereocenters. The van der Waals surface area contributed by atoms with E-state index in [1.165, 1.54) is 11.1 Å². The van der Waals surface area contributed by atoms with Gasteiger partial charge in [0.2, 0.25) is 0 Å². The first kappa shape index (κ1) is 11.0. The molecule has 0 amide bonds. The predicted molar refractivity (Wildman–Crippen MR) is 69.6 cm³/mol. The summed E-state index contributed by atoms with van der Waals surface area (Å²) >= 11 is 0. The average Bonchev–Trinajstić information content (AvgIpc) is 2.77. The smallest absolute Gasteiger partial charge is 0.315 e. The summed E-state index contributed by atoms with van der Waals surface area (Å²) < 4.78 is 5.16. The van der Waals surface area contributed by atoms with Gasteiger partial charge in [-0.1, -0.05) is 42.5 Å². The molecular weight excluding hydrogens is 224 g/mol. The van der Waals surface area contributed by atoms with Gasteiger partial charge in [-0.2, -0.15) is 0 Å². The second kappa shape index (κ2) is 4.65. The lowest BCUT2D eigenvalue weighted by molar-refractivity contribution is -0.131. The van der Waals surface area contributed by atoms with Gasteiger partial charge in [0.25, 0.3) is 0 Å². The van der Waals surface area contributed by atoms with E-state index >= 15 is 0 Å². The van der Waals surface area contributed by atoms with Gasteiger partial charge >= 0.3 is 5.97 Å². The molecule has 1 aliphatic rings. The van der Waals surface area contributed by atoms with E-state index in [9.17, 15) is 4.79 Å². The molecule has 0 unspecified atom stereocenters. The van der Waals surface area contributed by atoms with Crippen LogP contribution < -0.4 is 4.74 Å². The number of hydrogen-bond donors (Lipinski definition) is 0. The molecule has 1 aliphatic heterocycles. The Hall–Kier alpha value is -2.09. The minimum absolute atomic E-state index is 0.148. The lowest BCUT2D eigenvalue weighted by atomic mass is 10.0. The zero-order valence-electron chi connectivity index (χ0n) is 10.1. The van der Waals surface area contributed by atoms with Crippen LogP contribution >= 0.6 is 0 Å². The third kappa shape index (κ3) is 2.28. The van der Waals surface area contributed by atoms with E-state index in [0.717, 1.165) is 24.2 Å². The Balaban J connectivity index is 1.71. The van der Waals surface area contributed by atoms with E-state index in [-0.39, 0.29) is 5.97 Å². The highest BCUT2D eigenvalue weighted by Gasteiger charge is 2.19. The third-order valence-electron chi connectivity index (χ3n) is 3.24. The van der Waals surface area contributed by atoms with E-state index in [2.05, 4.69) is 30.3 Å². The number of hydrogen-bond acceptors (Lipinski definition) is 2. The number of fused-ring (bicyclic) bond motifs is 1. The highest BCUT2D eigenvalue weighted by Crippen LogP contribution is 2.27. The van der Waals surface area contributed by atoms with Gasteiger partial charge in [-0.25, -0.2) is 0 Å². The summed E-state index contributed by atoms with van der Waals surface area (Å²) in [5, 5.41) is 0. The monoisotopic (exact) mass is 238 g/mol. The molecule has 0 aliphatic carbocycles. The minimum atomic E-state index is -0.148. The Labute approximate surface area is 106 Å². The molecule has 0 N–H and O–H groups in total. The second-order valence-corrected chi connectivity index (χ2v) is 4.58. The van der Waals surface area contributed by atoms with Gasteiger partial charge in [0.1, 0.15) is 5.75 Å². The van der Waals surface area contributed by atoms with Gasteiger partial charge < -0.3 is 4.74 Å². The van der Waals surface area contributed by atoms with Crippen LogP contribution in [-0.4, -0.2) is 5.97 Å². The quantitative estimate of drug-likeness (QED) is 0.607. The topological polar surface area (TPSA) is 26.3 Å². The average molecular weight is 238 g/mol. The molecule has 1 heterocycles. The summed E-state index contributed by atoms with van der Waals surface area (Å²) in [5.74, 6) is 0.593. The minimum Gasteiger partial charge on any atom is -0.426 e. The lowest BCUT2D eigenvalue weighted by Crippen LogP contribution is -2.00. The van der Waals surface area contributed by atoms with Crippen LogP contribution in [0.15, 0.2) is 48.5 Å². The van der Waals surface area contributed by atoms with E-state index in [4.69, 9.17) is 4.74 Å². The Morgan fingerprint density at radius 2 is 1.72 bits per heavy atom. The van der Waals surface area contributed by atoms with Crippen molar-refractivity contribution in [1.29, 1.82) is 0 Å². The summed E-state index contributed by atoms with van der Waals surface area (Å²) in [6.07, 6.45) is 2.39. The molecule has 0 bridgehead atoms. The molecule has 2 aromatic carbocycles. The maximum Gasteiger partial charge on any atom is 0.315 e. The first-order valence-electron chi connectivity index (χ1n) is 6.18. The van der Waals surface area contributed by atoms with Crippen molar-refractivity contribution in [3.05, 3.63) is 65.2 Å². The molecule has 0 saturated heterocycles. The van der Waals surface area contributed by atoms with Gasteiger partial charge in [-0.3, -0.25) is 4.79 Å². The molecule has 18 heavy (non-hydrogen) atoms. The van der Waals surface area contributed by atoms with E-state index in [1.807, 2.05) is 18.2 Å². The van der Waals surface area contributed by atoms with E-state index < -0.39 is 0 Å². The van der Waals surface area contributed by atoms with E-state index in [0.29, 0.717) is 6.42 Å². The van der Waals surface area contributed by atoms with Gasteiger partial charge in [-0.15, -0.1) is 0 Å². The molecular formula is C16H14O2. The molecule has 0 saturated carbocycles.